The van der Waals surface area contributed by atoms with E-state index in [9.17, 15) is 18.0 Å². The fourth-order valence-electron chi connectivity index (χ4n) is 3.59. The van der Waals surface area contributed by atoms with Gasteiger partial charge in [0.1, 0.15) is 12.6 Å². The number of hydrogen-bond acceptors (Lipinski definition) is 4. The van der Waals surface area contributed by atoms with Gasteiger partial charge in [0.25, 0.3) is 0 Å². The Labute approximate surface area is 205 Å². The van der Waals surface area contributed by atoms with E-state index in [-0.39, 0.29) is 12.5 Å². The molecule has 0 spiro atoms. The second kappa shape index (κ2) is 11.7. The molecule has 0 heterocycles. The Hall–Kier alpha value is -2.39. The first-order chi connectivity index (χ1) is 15.5. The minimum absolute atomic E-state index is 0.170. The topological polar surface area (TPSA) is 86.8 Å². The first-order valence-corrected chi connectivity index (χ1v) is 13.4. The number of halogens is 1. The predicted octanol–water partition coefficient (Wildman–Crippen LogP) is 3.78. The van der Waals surface area contributed by atoms with E-state index in [1.807, 2.05) is 63.2 Å². The summed E-state index contributed by atoms with van der Waals surface area (Å²) in [7, 11) is -3.75. The van der Waals surface area contributed by atoms with Crippen molar-refractivity contribution in [2.24, 2.45) is 0 Å². The van der Waals surface area contributed by atoms with Crippen LogP contribution in [0.25, 0.3) is 0 Å². The number of anilines is 1. The van der Waals surface area contributed by atoms with E-state index >= 15 is 0 Å². The van der Waals surface area contributed by atoms with Crippen LogP contribution >= 0.6 is 15.9 Å². The number of para-hydroxylation sites is 1. The highest BCUT2D eigenvalue weighted by Gasteiger charge is 2.31. The van der Waals surface area contributed by atoms with E-state index in [1.165, 1.54) is 4.90 Å². The number of nitrogens with zero attached hydrogens (tertiary/aromatic N) is 2. The second-order valence-corrected chi connectivity index (χ2v) is 11.0. The Balaban J connectivity index is 2.43. The fourth-order valence-corrected chi connectivity index (χ4v) is 5.00. The van der Waals surface area contributed by atoms with Gasteiger partial charge in [-0.3, -0.25) is 13.9 Å². The van der Waals surface area contributed by atoms with E-state index in [4.69, 9.17) is 0 Å². The van der Waals surface area contributed by atoms with Gasteiger partial charge in [-0.05, 0) is 56.0 Å². The largest absolute Gasteiger partial charge is 0.354 e. The van der Waals surface area contributed by atoms with Crippen LogP contribution in [-0.4, -0.2) is 50.5 Å². The van der Waals surface area contributed by atoms with Gasteiger partial charge in [-0.2, -0.15) is 0 Å². The van der Waals surface area contributed by atoms with Gasteiger partial charge >= 0.3 is 0 Å². The van der Waals surface area contributed by atoms with Crippen molar-refractivity contribution >= 4 is 43.5 Å². The third-order valence-electron chi connectivity index (χ3n) is 5.33. The van der Waals surface area contributed by atoms with Gasteiger partial charge in [0.15, 0.2) is 0 Å². The van der Waals surface area contributed by atoms with Crippen LogP contribution in [0, 0.1) is 13.8 Å². The molecule has 0 unspecified atom stereocenters. The van der Waals surface area contributed by atoms with Crippen LogP contribution in [0.2, 0.25) is 0 Å². The Bertz CT molecular complexity index is 1080. The van der Waals surface area contributed by atoms with Crippen LogP contribution in [0.5, 0.6) is 0 Å². The number of rotatable bonds is 10. The molecule has 9 heteroatoms. The summed E-state index contributed by atoms with van der Waals surface area (Å²) < 4.78 is 27.4. The van der Waals surface area contributed by atoms with Crippen LogP contribution in [-0.2, 0) is 26.2 Å². The highest BCUT2D eigenvalue weighted by Crippen LogP contribution is 2.27. The summed E-state index contributed by atoms with van der Waals surface area (Å²) in [5.41, 5.74) is 2.81. The minimum Gasteiger partial charge on any atom is -0.354 e. The number of carbonyl (C=O) groups excluding carboxylic acids is 2. The number of nitrogens with one attached hydrogen (secondary N) is 1. The van der Waals surface area contributed by atoms with Gasteiger partial charge in [0, 0.05) is 17.6 Å². The summed E-state index contributed by atoms with van der Waals surface area (Å²) in [6.07, 6.45) is 1.86. The van der Waals surface area contributed by atoms with Crippen molar-refractivity contribution in [3.63, 3.8) is 0 Å². The van der Waals surface area contributed by atoms with Crippen molar-refractivity contribution in [3.05, 3.63) is 63.6 Å². The average molecular weight is 539 g/mol. The Kier molecular flexibility index (Phi) is 9.48. The van der Waals surface area contributed by atoms with Crippen molar-refractivity contribution in [2.45, 2.75) is 46.7 Å². The lowest BCUT2D eigenvalue weighted by Crippen LogP contribution is -2.51. The lowest BCUT2D eigenvalue weighted by atomic mass is 10.1. The Morgan fingerprint density at radius 2 is 1.70 bits per heavy atom. The molecule has 0 saturated heterocycles. The summed E-state index contributed by atoms with van der Waals surface area (Å²) in [6, 6.07) is 12.1. The summed E-state index contributed by atoms with van der Waals surface area (Å²) in [5.74, 6) is -0.736. The maximum absolute atomic E-state index is 13.5. The average Bonchev–Trinajstić information content (AvgIpc) is 2.73. The molecule has 0 saturated carbocycles. The number of sulfonamides is 1. The quantitative estimate of drug-likeness (QED) is 0.499. The molecule has 0 aliphatic heterocycles. The lowest BCUT2D eigenvalue weighted by Gasteiger charge is -2.32. The first-order valence-electron chi connectivity index (χ1n) is 10.8. The molecule has 1 N–H and O–H groups in total. The minimum atomic E-state index is -3.75. The third-order valence-corrected chi connectivity index (χ3v) is 6.93. The molecule has 0 aliphatic carbocycles. The summed E-state index contributed by atoms with van der Waals surface area (Å²) >= 11 is 3.43. The molecular formula is C24H32BrN3O4S. The van der Waals surface area contributed by atoms with Crippen molar-refractivity contribution < 1.29 is 18.0 Å². The van der Waals surface area contributed by atoms with E-state index in [0.717, 1.165) is 38.1 Å². The molecule has 0 bridgehead atoms. The SMILES string of the molecule is CCCNC(=O)[C@@H](C)N(Cc1cccc(Br)c1)C(=O)CN(c1c(C)cccc1C)S(C)(=O)=O. The Morgan fingerprint density at radius 3 is 2.24 bits per heavy atom. The second-order valence-electron chi connectivity index (χ2n) is 8.13. The molecule has 0 aliphatic rings. The molecule has 2 amide bonds. The van der Waals surface area contributed by atoms with Crippen LogP contribution < -0.4 is 9.62 Å². The molecule has 1 atom stereocenters. The lowest BCUT2D eigenvalue weighted by molar-refractivity contribution is -0.139. The maximum atomic E-state index is 13.5. The van der Waals surface area contributed by atoms with Crippen molar-refractivity contribution in [1.82, 2.24) is 10.2 Å². The molecule has 0 aromatic heterocycles. The van der Waals surface area contributed by atoms with Gasteiger partial charge in [-0.15, -0.1) is 0 Å². The molecule has 7 nitrogen and oxygen atoms in total. The van der Waals surface area contributed by atoms with Crippen LogP contribution in [0.3, 0.4) is 0 Å². The van der Waals surface area contributed by atoms with Gasteiger partial charge < -0.3 is 10.2 Å². The van der Waals surface area contributed by atoms with E-state index in [0.29, 0.717) is 12.2 Å². The van der Waals surface area contributed by atoms with Crippen LogP contribution in [0.15, 0.2) is 46.9 Å². The van der Waals surface area contributed by atoms with E-state index in [2.05, 4.69) is 21.2 Å². The first kappa shape index (κ1) is 26.9. The number of hydrogen-bond donors (Lipinski definition) is 1. The van der Waals surface area contributed by atoms with Crippen molar-refractivity contribution in [1.29, 1.82) is 0 Å². The molecule has 2 rings (SSSR count). The normalized spacial score (nSPS) is 12.2. The van der Waals surface area contributed by atoms with Crippen LogP contribution in [0.1, 0.15) is 37.0 Å². The smallest absolute Gasteiger partial charge is 0.244 e. The fraction of sp³-hybridized carbons (Fsp3) is 0.417. The number of carbonyl (C=O) groups is 2. The molecular weight excluding hydrogens is 506 g/mol. The monoisotopic (exact) mass is 537 g/mol. The predicted molar refractivity (Wildman–Crippen MR) is 136 cm³/mol. The van der Waals surface area contributed by atoms with Crippen molar-refractivity contribution in [3.8, 4) is 0 Å². The van der Waals surface area contributed by atoms with E-state index in [1.54, 1.807) is 6.92 Å². The molecule has 0 radical (unpaired) electrons. The highest BCUT2D eigenvalue weighted by molar-refractivity contribution is 9.10. The number of amides is 2. The molecule has 180 valence electrons. The summed E-state index contributed by atoms with van der Waals surface area (Å²) in [4.78, 5) is 27.7. The highest BCUT2D eigenvalue weighted by atomic mass is 79.9. The third kappa shape index (κ3) is 7.30. The standard InChI is InChI=1S/C24H32BrN3O4S/c1-6-13-26-24(30)19(4)27(15-20-11-8-12-21(25)14-20)22(29)16-28(33(5,31)32)23-17(2)9-7-10-18(23)3/h7-12,14,19H,6,13,15-16H2,1-5H3,(H,26,30)/t19-/m1/s1. The number of benzene rings is 2. The molecule has 2 aromatic rings. The molecule has 2 aromatic carbocycles. The summed E-state index contributed by atoms with van der Waals surface area (Å²) in [6.45, 7) is 7.50. The maximum Gasteiger partial charge on any atom is 0.244 e. The zero-order chi connectivity index (χ0) is 24.8. The zero-order valence-corrected chi connectivity index (χ0v) is 22.2. The van der Waals surface area contributed by atoms with Gasteiger partial charge in [0.05, 0.1) is 11.9 Å². The van der Waals surface area contributed by atoms with Crippen LogP contribution in [0.4, 0.5) is 5.69 Å². The van der Waals surface area contributed by atoms with Gasteiger partial charge in [-0.1, -0.05) is 53.2 Å². The van der Waals surface area contributed by atoms with Gasteiger partial charge in [0.2, 0.25) is 21.8 Å². The molecule has 33 heavy (non-hydrogen) atoms. The van der Waals surface area contributed by atoms with E-state index < -0.39 is 28.5 Å². The Morgan fingerprint density at radius 1 is 1.09 bits per heavy atom. The van der Waals surface area contributed by atoms with Gasteiger partial charge in [-0.25, -0.2) is 8.42 Å². The van der Waals surface area contributed by atoms with Crippen molar-refractivity contribution in [2.75, 3.05) is 23.7 Å². The molecule has 0 fully saturated rings. The summed E-state index contributed by atoms with van der Waals surface area (Å²) in [5, 5.41) is 2.82. The zero-order valence-electron chi connectivity index (χ0n) is 19.8. The number of aryl methyl sites for hydroxylation is 2.